The average Bonchev–Trinajstić information content (AvgIpc) is 3.18. The van der Waals surface area contributed by atoms with Gasteiger partial charge in [0.25, 0.3) is 12.3 Å². The Bertz CT molecular complexity index is 1230. The van der Waals surface area contributed by atoms with Gasteiger partial charge in [-0.1, -0.05) is 0 Å². The maximum absolute atomic E-state index is 13.0. The molecule has 3 amide bonds. The van der Waals surface area contributed by atoms with E-state index in [0.29, 0.717) is 49.8 Å². The second-order valence-corrected chi connectivity index (χ2v) is 8.26. The van der Waals surface area contributed by atoms with E-state index in [1.807, 2.05) is 0 Å². The van der Waals surface area contributed by atoms with E-state index in [1.165, 1.54) is 15.9 Å². The number of amides is 3. The Balaban J connectivity index is 1.55. The van der Waals surface area contributed by atoms with Crippen LogP contribution in [0.2, 0.25) is 0 Å². The number of anilines is 2. The molecule has 0 saturated carbocycles. The van der Waals surface area contributed by atoms with Gasteiger partial charge in [0.15, 0.2) is 6.29 Å². The molecule has 2 aromatic rings. The van der Waals surface area contributed by atoms with Gasteiger partial charge in [0.05, 0.1) is 6.20 Å². The smallest absolute Gasteiger partial charge is 0.328 e. The van der Waals surface area contributed by atoms with Gasteiger partial charge in [-0.3, -0.25) is 19.8 Å². The fourth-order valence-electron chi connectivity index (χ4n) is 4.11. The molecule has 188 valence electrons. The normalized spacial score (nSPS) is 17.1. The van der Waals surface area contributed by atoms with Crippen molar-refractivity contribution in [1.82, 2.24) is 14.9 Å². The summed E-state index contributed by atoms with van der Waals surface area (Å²) in [7, 11) is 0. The number of halogens is 2. The largest absolute Gasteiger partial charge is 0.486 e. The van der Waals surface area contributed by atoms with Crippen LogP contribution in [0.1, 0.15) is 40.0 Å². The first kappa shape index (κ1) is 24.9. The fraction of sp³-hybridized carbons (Fsp3) is 0.391. The van der Waals surface area contributed by atoms with Crippen molar-refractivity contribution < 1.29 is 33.0 Å². The number of rotatable bonds is 7. The first-order valence-corrected chi connectivity index (χ1v) is 11.1. The number of carbonyl (C=O) groups is 3. The number of nitriles is 1. The molecule has 1 atom stereocenters. The molecule has 0 bridgehead atoms. The Morgan fingerprint density at radius 3 is 2.86 bits per heavy atom. The Morgan fingerprint density at radius 1 is 1.39 bits per heavy atom. The zero-order valence-corrected chi connectivity index (χ0v) is 19.0. The van der Waals surface area contributed by atoms with Crippen LogP contribution in [0.15, 0.2) is 18.3 Å². The molecule has 1 saturated heterocycles. The molecule has 0 aromatic carbocycles. The van der Waals surface area contributed by atoms with E-state index in [4.69, 9.17) is 10.00 Å². The maximum Gasteiger partial charge on any atom is 0.328 e. The number of aliphatic hydroxyl groups excluding tert-OH is 1. The summed E-state index contributed by atoms with van der Waals surface area (Å²) in [4.78, 5) is 48.0. The molecule has 0 aliphatic carbocycles. The second-order valence-electron chi connectivity index (χ2n) is 8.26. The Kier molecular flexibility index (Phi) is 7.35. The number of alkyl halides is 2. The van der Waals surface area contributed by atoms with Gasteiger partial charge in [-0.2, -0.15) is 5.26 Å². The summed E-state index contributed by atoms with van der Waals surface area (Å²) in [5, 5.41) is 21.4. The highest BCUT2D eigenvalue weighted by Crippen LogP contribution is 2.29. The van der Waals surface area contributed by atoms with Crippen molar-refractivity contribution in [2.45, 2.75) is 38.3 Å². The Hall–Kier alpha value is -4.18. The predicted octanol–water partition coefficient (Wildman–Crippen LogP) is 1.88. The van der Waals surface area contributed by atoms with Gasteiger partial charge in [-0.25, -0.2) is 23.5 Å². The van der Waals surface area contributed by atoms with E-state index < -0.39 is 31.1 Å². The van der Waals surface area contributed by atoms with Gasteiger partial charge >= 0.3 is 6.03 Å². The third-order valence-corrected chi connectivity index (χ3v) is 5.85. The van der Waals surface area contributed by atoms with Crippen molar-refractivity contribution in [3.63, 3.8) is 0 Å². The number of nitrogens with one attached hydrogen (secondary N) is 1. The summed E-state index contributed by atoms with van der Waals surface area (Å²) in [5.74, 6) is -0.291. The lowest BCUT2D eigenvalue weighted by molar-refractivity contribution is -0.134. The van der Waals surface area contributed by atoms with Crippen LogP contribution in [0.25, 0.3) is 0 Å². The summed E-state index contributed by atoms with van der Waals surface area (Å²) >= 11 is 0. The highest BCUT2D eigenvalue weighted by atomic mass is 19.3. The highest BCUT2D eigenvalue weighted by molar-refractivity contribution is 6.01. The van der Waals surface area contributed by atoms with Gasteiger partial charge in [0.1, 0.15) is 47.4 Å². The molecule has 13 heteroatoms. The molecule has 1 fully saturated rings. The minimum absolute atomic E-state index is 0.0197. The molecule has 2 aliphatic heterocycles. The van der Waals surface area contributed by atoms with Crippen LogP contribution in [0, 0.1) is 11.3 Å². The first-order chi connectivity index (χ1) is 17.3. The summed E-state index contributed by atoms with van der Waals surface area (Å²) in [6.45, 7) is -0.142. The van der Waals surface area contributed by atoms with Crippen molar-refractivity contribution in [2.75, 3.05) is 29.9 Å². The van der Waals surface area contributed by atoms with E-state index in [9.17, 15) is 28.3 Å². The minimum Gasteiger partial charge on any atom is -0.486 e. The number of likely N-dealkylation sites (tertiary alicyclic amines) is 1. The van der Waals surface area contributed by atoms with Crippen molar-refractivity contribution in [3.05, 3.63) is 40.7 Å². The molecular formula is C23H22F2N6O5. The highest BCUT2D eigenvalue weighted by Gasteiger charge is 2.31. The Morgan fingerprint density at radius 2 is 2.19 bits per heavy atom. The molecule has 1 unspecified atom stereocenters. The molecule has 4 rings (SSSR count). The zero-order chi connectivity index (χ0) is 25.8. The van der Waals surface area contributed by atoms with E-state index in [1.54, 1.807) is 12.1 Å². The van der Waals surface area contributed by atoms with Crippen molar-refractivity contribution in [1.29, 1.82) is 5.26 Å². The van der Waals surface area contributed by atoms with Crippen molar-refractivity contribution in [2.24, 2.45) is 0 Å². The molecule has 4 heterocycles. The van der Waals surface area contributed by atoms with Gasteiger partial charge < -0.3 is 14.7 Å². The lowest BCUT2D eigenvalue weighted by Crippen LogP contribution is -2.40. The number of hydrogen-bond donors (Lipinski definition) is 2. The number of fused-ring (bicyclic) bond motifs is 1. The molecule has 2 aliphatic rings. The number of aryl methyl sites for hydroxylation is 1. The van der Waals surface area contributed by atoms with E-state index in [0.717, 1.165) is 6.20 Å². The van der Waals surface area contributed by atoms with Crippen LogP contribution in [-0.4, -0.2) is 70.4 Å². The van der Waals surface area contributed by atoms with Gasteiger partial charge in [0.2, 0.25) is 0 Å². The number of aliphatic hydroxyl groups is 1. The van der Waals surface area contributed by atoms with Gasteiger partial charge in [-0.05, 0) is 30.9 Å². The van der Waals surface area contributed by atoms with E-state index in [-0.39, 0.29) is 35.2 Å². The number of aldehydes is 1. The van der Waals surface area contributed by atoms with Crippen molar-refractivity contribution in [3.8, 4) is 11.8 Å². The van der Waals surface area contributed by atoms with Crippen molar-refractivity contribution >= 4 is 29.9 Å². The summed E-state index contributed by atoms with van der Waals surface area (Å²) in [6.07, 6.45) is -0.628. The zero-order valence-electron chi connectivity index (χ0n) is 19.0. The number of pyridine rings is 2. The molecule has 11 nitrogen and oxygen atoms in total. The molecule has 36 heavy (non-hydrogen) atoms. The number of aromatic nitrogens is 2. The second kappa shape index (κ2) is 10.6. The van der Waals surface area contributed by atoms with Gasteiger partial charge in [-0.15, -0.1) is 0 Å². The quantitative estimate of drug-likeness (QED) is 0.548. The molecule has 0 radical (unpaired) electrons. The lowest BCUT2D eigenvalue weighted by Gasteiger charge is -2.29. The monoisotopic (exact) mass is 500 g/mol. The molecule has 2 N–H and O–H groups in total. The van der Waals surface area contributed by atoms with E-state index in [2.05, 4.69) is 15.3 Å². The fourth-order valence-corrected chi connectivity index (χ4v) is 4.11. The third kappa shape index (κ3) is 5.23. The SMILES string of the molecule is N#Cc1cnc(NC(=O)N2CCCc3cc(CN4CCC(O)C4=O)c(C=O)nc32)cc1OCC(F)F. The van der Waals surface area contributed by atoms with Gasteiger partial charge in [0, 0.05) is 31.3 Å². The number of urea groups is 1. The summed E-state index contributed by atoms with van der Waals surface area (Å²) in [6, 6.07) is 4.08. The lowest BCUT2D eigenvalue weighted by atomic mass is 10.0. The van der Waals surface area contributed by atoms with Crippen LogP contribution in [-0.2, 0) is 17.8 Å². The molecular weight excluding hydrogens is 478 g/mol. The standard InChI is InChI=1S/C23H22F2N6O5/c24-19(25)12-36-18-7-20(27-9-15(18)8-26)29-23(35)31-4-1-2-13-6-14(16(11-32)28-21(13)31)10-30-5-3-17(33)22(30)34/h6-7,9,11,17,19,33H,1-5,10,12H2,(H,27,29,35). The summed E-state index contributed by atoms with van der Waals surface area (Å²) < 4.78 is 30.0. The maximum atomic E-state index is 13.0. The minimum atomic E-state index is -2.75. The van der Waals surface area contributed by atoms with Crippen LogP contribution in [0.5, 0.6) is 5.75 Å². The first-order valence-electron chi connectivity index (χ1n) is 11.1. The van der Waals surface area contributed by atoms with Crippen LogP contribution in [0.3, 0.4) is 0 Å². The number of nitrogens with zero attached hydrogens (tertiary/aromatic N) is 5. The topological polar surface area (TPSA) is 149 Å². The number of carbonyl (C=O) groups excluding carboxylic acids is 3. The summed E-state index contributed by atoms with van der Waals surface area (Å²) in [5.41, 5.74) is 1.23. The van der Waals surface area contributed by atoms with Crippen LogP contribution >= 0.6 is 0 Å². The average molecular weight is 500 g/mol. The third-order valence-electron chi connectivity index (χ3n) is 5.85. The molecule has 2 aromatic heterocycles. The molecule has 0 spiro atoms. The number of hydrogen-bond acceptors (Lipinski definition) is 8. The predicted molar refractivity (Wildman–Crippen MR) is 121 cm³/mol. The Labute approximate surface area is 204 Å². The van der Waals surface area contributed by atoms with Crippen LogP contribution in [0.4, 0.5) is 25.2 Å². The number of ether oxygens (including phenoxy) is 1. The van der Waals surface area contributed by atoms with Crippen LogP contribution < -0.4 is 15.0 Å². The van der Waals surface area contributed by atoms with E-state index >= 15 is 0 Å².